The maximum atomic E-state index is 11.9. The highest BCUT2D eigenvalue weighted by molar-refractivity contribution is 5.89. The van der Waals surface area contributed by atoms with Crippen LogP contribution in [0.4, 0.5) is 0 Å². The minimum absolute atomic E-state index is 0.0750. The molecule has 0 amide bonds. The van der Waals surface area contributed by atoms with E-state index in [2.05, 4.69) is 6.92 Å². The van der Waals surface area contributed by atoms with Crippen molar-refractivity contribution in [3.05, 3.63) is 29.8 Å². The zero-order valence-electron chi connectivity index (χ0n) is 14.2. The van der Waals surface area contributed by atoms with E-state index in [1.807, 2.05) is 6.92 Å². The summed E-state index contributed by atoms with van der Waals surface area (Å²) in [7, 11) is 0. The molecule has 0 aliphatic rings. The quantitative estimate of drug-likeness (QED) is 0.373. The number of hydrogen-bond donors (Lipinski definition) is 0. The highest BCUT2D eigenvalue weighted by Crippen LogP contribution is 2.13. The first-order valence-corrected chi connectivity index (χ1v) is 8.10. The van der Waals surface area contributed by atoms with E-state index in [1.165, 1.54) is 19.8 Å². The molecule has 0 N–H and O–H groups in total. The van der Waals surface area contributed by atoms with E-state index in [-0.39, 0.29) is 6.10 Å². The van der Waals surface area contributed by atoms with Crippen molar-refractivity contribution in [1.29, 1.82) is 0 Å². The predicted octanol–water partition coefficient (Wildman–Crippen LogP) is 3.75. The predicted molar refractivity (Wildman–Crippen MR) is 87.6 cm³/mol. The summed E-state index contributed by atoms with van der Waals surface area (Å²) in [5.41, 5.74) is 0.428. The van der Waals surface area contributed by atoms with Crippen molar-refractivity contribution in [3.63, 3.8) is 0 Å². The van der Waals surface area contributed by atoms with Crippen LogP contribution in [-0.2, 0) is 14.3 Å². The van der Waals surface area contributed by atoms with Crippen LogP contribution < -0.4 is 4.74 Å². The number of benzene rings is 1. The fourth-order valence-electron chi connectivity index (χ4n) is 1.95. The molecule has 1 rings (SSSR count). The average Bonchev–Trinajstić information content (AvgIpc) is 2.51. The van der Waals surface area contributed by atoms with E-state index in [4.69, 9.17) is 14.2 Å². The van der Waals surface area contributed by atoms with Crippen LogP contribution in [0, 0.1) is 0 Å². The molecule has 5 heteroatoms. The molecule has 0 aliphatic heterocycles. The largest absolute Gasteiger partial charge is 0.462 e. The summed E-state index contributed by atoms with van der Waals surface area (Å²) < 4.78 is 15.8. The van der Waals surface area contributed by atoms with E-state index in [0.717, 1.165) is 13.0 Å². The molecule has 0 saturated heterocycles. The molecule has 23 heavy (non-hydrogen) atoms. The molecule has 0 spiro atoms. The van der Waals surface area contributed by atoms with Crippen molar-refractivity contribution in [3.8, 4) is 5.75 Å². The van der Waals surface area contributed by atoms with E-state index in [9.17, 15) is 9.59 Å². The lowest BCUT2D eigenvalue weighted by atomic mass is 10.2. The molecule has 1 unspecified atom stereocenters. The summed E-state index contributed by atoms with van der Waals surface area (Å²) in [6.07, 6.45) is 4.15. The number of carbonyl (C=O) groups is 2. The Labute approximate surface area is 137 Å². The van der Waals surface area contributed by atoms with Gasteiger partial charge in [-0.25, -0.2) is 4.79 Å². The SMILES string of the molecule is CCCCCOC(C)CCOC(=O)c1ccc(OC(C)=O)cc1. The van der Waals surface area contributed by atoms with Gasteiger partial charge in [0.15, 0.2) is 0 Å². The number of esters is 2. The molecule has 1 aromatic carbocycles. The van der Waals surface area contributed by atoms with Crippen LogP contribution >= 0.6 is 0 Å². The van der Waals surface area contributed by atoms with Crippen LogP contribution in [0.2, 0.25) is 0 Å². The van der Waals surface area contributed by atoms with Gasteiger partial charge in [-0.05, 0) is 37.6 Å². The summed E-state index contributed by atoms with van der Waals surface area (Å²) in [6.45, 7) is 6.53. The van der Waals surface area contributed by atoms with Crippen molar-refractivity contribution in [2.75, 3.05) is 13.2 Å². The molecule has 0 aromatic heterocycles. The first-order valence-electron chi connectivity index (χ1n) is 8.10. The van der Waals surface area contributed by atoms with Crippen LogP contribution in [0.15, 0.2) is 24.3 Å². The summed E-state index contributed by atoms with van der Waals surface area (Å²) in [4.78, 5) is 22.7. The van der Waals surface area contributed by atoms with Crippen LogP contribution in [0.3, 0.4) is 0 Å². The second-order valence-electron chi connectivity index (χ2n) is 5.43. The Morgan fingerprint density at radius 2 is 1.78 bits per heavy atom. The Kier molecular flexibility index (Phi) is 8.98. The number of rotatable bonds is 10. The fourth-order valence-corrected chi connectivity index (χ4v) is 1.95. The molecule has 5 nitrogen and oxygen atoms in total. The minimum Gasteiger partial charge on any atom is -0.462 e. The normalized spacial score (nSPS) is 11.8. The first kappa shape index (κ1) is 19.2. The highest BCUT2D eigenvalue weighted by atomic mass is 16.5. The lowest BCUT2D eigenvalue weighted by molar-refractivity contribution is -0.131. The van der Waals surface area contributed by atoms with Crippen molar-refractivity contribution in [2.45, 2.75) is 52.6 Å². The van der Waals surface area contributed by atoms with Gasteiger partial charge in [-0.2, -0.15) is 0 Å². The number of ether oxygens (including phenoxy) is 3. The standard InChI is InChI=1S/C18H26O5/c1-4-5-6-12-21-14(2)11-13-22-18(20)16-7-9-17(10-8-16)23-15(3)19/h7-10,14H,4-6,11-13H2,1-3H3. The van der Waals surface area contributed by atoms with Crippen LogP contribution in [0.25, 0.3) is 0 Å². The average molecular weight is 322 g/mol. The minimum atomic E-state index is -0.395. The molecule has 1 atom stereocenters. The summed E-state index contributed by atoms with van der Waals surface area (Å²) in [5.74, 6) is -0.381. The molecular weight excluding hydrogens is 296 g/mol. The molecule has 128 valence electrons. The molecule has 1 aromatic rings. The van der Waals surface area contributed by atoms with Gasteiger partial charge in [0.2, 0.25) is 0 Å². The summed E-state index contributed by atoms with van der Waals surface area (Å²) in [6, 6.07) is 6.28. The lowest BCUT2D eigenvalue weighted by Gasteiger charge is -2.13. The molecular formula is C18H26O5. The van der Waals surface area contributed by atoms with E-state index in [1.54, 1.807) is 24.3 Å². The number of unbranched alkanes of at least 4 members (excludes halogenated alkanes) is 2. The second kappa shape index (κ2) is 10.8. The third-order valence-electron chi connectivity index (χ3n) is 3.26. The highest BCUT2D eigenvalue weighted by Gasteiger charge is 2.09. The Bertz CT molecular complexity index is 481. The van der Waals surface area contributed by atoms with Crippen LogP contribution in [-0.4, -0.2) is 31.3 Å². The Morgan fingerprint density at radius 1 is 1.09 bits per heavy atom. The van der Waals surface area contributed by atoms with Gasteiger partial charge in [0, 0.05) is 20.0 Å². The van der Waals surface area contributed by atoms with Crippen molar-refractivity contribution >= 4 is 11.9 Å². The van der Waals surface area contributed by atoms with E-state index >= 15 is 0 Å². The third kappa shape index (κ3) is 8.35. The monoisotopic (exact) mass is 322 g/mol. The molecule has 0 saturated carbocycles. The van der Waals surface area contributed by atoms with Gasteiger partial charge in [0.1, 0.15) is 5.75 Å². The smallest absolute Gasteiger partial charge is 0.338 e. The second-order valence-corrected chi connectivity index (χ2v) is 5.43. The maximum absolute atomic E-state index is 11.9. The topological polar surface area (TPSA) is 61.8 Å². The zero-order valence-corrected chi connectivity index (χ0v) is 14.2. The number of carbonyl (C=O) groups excluding carboxylic acids is 2. The Morgan fingerprint density at radius 3 is 2.39 bits per heavy atom. The van der Waals surface area contributed by atoms with Gasteiger partial charge in [-0.1, -0.05) is 19.8 Å². The van der Waals surface area contributed by atoms with Gasteiger partial charge in [-0.3, -0.25) is 4.79 Å². The summed E-state index contributed by atoms with van der Waals surface area (Å²) >= 11 is 0. The van der Waals surface area contributed by atoms with Gasteiger partial charge in [0.25, 0.3) is 0 Å². The fraction of sp³-hybridized carbons (Fsp3) is 0.556. The maximum Gasteiger partial charge on any atom is 0.338 e. The zero-order chi connectivity index (χ0) is 17.1. The molecule has 0 aliphatic carbocycles. The van der Waals surface area contributed by atoms with Crippen LogP contribution in [0.1, 0.15) is 56.8 Å². The summed E-state index contributed by atoms with van der Waals surface area (Å²) in [5, 5.41) is 0. The van der Waals surface area contributed by atoms with E-state index in [0.29, 0.717) is 24.3 Å². The van der Waals surface area contributed by atoms with Crippen LogP contribution in [0.5, 0.6) is 5.75 Å². The molecule has 0 heterocycles. The van der Waals surface area contributed by atoms with Gasteiger partial charge in [-0.15, -0.1) is 0 Å². The van der Waals surface area contributed by atoms with Gasteiger partial charge < -0.3 is 14.2 Å². The van der Waals surface area contributed by atoms with E-state index < -0.39 is 11.9 Å². The molecule has 0 fully saturated rings. The Hall–Kier alpha value is -1.88. The Balaban J connectivity index is 2.26. The van der Waals surface area contributed by atoms with Gasteiger partial charge in [0.05, 0.1) is 18.3 Å². The molecule has 0 bridgehead atoms. The first-order chi connectivity index (χ1) is 11.0. The number of hydrogen-bond acceptors (Lipinski definition) is 5. The van der Waals surface area contributed by atoms with Crippen molar-refractivity contribution < 1.29 is 23.8 Å². The molecule has 0 radical (unpaired) electrons. The lowest BCUT2D eigenvalue weighted by Crippen LogP contribution is -2.15. The van der Waals surface area contributed by atoms with Gasteiger partial charge >= 0.3 is 11.9 Å². The van der Waals surface area contributed by atoms with Crippen molar-refractivity contribution in [2.24, 2.45) is 0 Å². The third-order valence-corrected chi connectivity index (χ3v) is 3.26. The van der Waals surface area contributed by atoms with Crippen molar-refractivity contribution in [1.82, 2.24) is 0 Å².